The predicted molar refractivity (Wildman–Crippen MR) is 76.4 cm³/mol. The summed E-state index contributed by atoms with van der Waals surface area (Å²) in [4.78, 5) is 0. The van der Waals surface area contributed by atoms with E-state index in [1.165, 1.54) is 6.42 Å². The first kappa shape index (κ1) is 13.8. The van der Waals surface area contributed by atoms with Crippen molar-refractivity contribution in [2.24, 2.45) is 0 Å². The highest BCUT2D eigenvalue weighted by Gasteiger charge is 2.22. The van der Waals surface area contributed by atoms with Gasteiger partial charge in [-0.15, -0.1) is 0 Å². The van der Waals surface area contributed by atoms with E-state index in [0.717, 1.165) is 35.0 Å². The van der Waals surface area contributed by atoms with E-state index in [-0.39, 0.29) is 0 Å². The average Bonchev–Trinajstić information content (AvgIpc) is 2.41. The lowest BCUT2D eigenvalue weighted by molar-refractivity contribution is -0.0364. The molecule has 1 saturated carbocycles. The van der Waals surface area contributed by atoms with Crippen LogP contribution in [0.25, 0.3) is 0 Å². The second-order valence-corrected chi connectivity index (χ2v) is 5.57. The minimum atomic E-state index is 0.303. The van der Waals surface area contributed by atoms with E-state index < -0.39 is 0 Å². The van der Waals surface area contributed by atoms with E-state index in [9.17, 15) is 0 Å². The summed E-state index contributed by atoms with van der Waals surface area (Å²) in [5.41, 5.74) is 7.72. The molecule has 0 radical (unpaired) electrons. The Morgan fingerprint density at radius 1 is 1.33 bits per heavy atom. The van der Waals surface area contributed by atoms with Crippen molar-refractivity contribution in [1.82, 2.24) is 0 Å². The van der Waals surface area contributed by atoms with Crippen LogP contribution in [0.15, 0.2) is 22.7 Å². The van der Waals surface area contributed by atoms with Crippen molar-refractivity contribution in [2.45, 2.75) is 44.5 Å². The standard InChI is InChI=1S/C14H20BrNO2/c1-17-11-5-3-6-12(8-11)18-9-10-4-2-7-13(16)14(10)15/h2,4,7,11-12H,3,5-6,8-9,16H2,1H3. The highest BCUT2D eigenvalue weighted by molar-refractivity contribution is 9.10. The number of ether oxygens (including phenoxy) is 2. The Hall–Kier alpha value is -0.580. The molecule has 18 heavy (non-hydrogen) atoms. The smallest absolute Gasteiger partial charge is 0.0732 e. The summed E-state index contributed by atoms with van der Waals surface area (Å²) >= 11 is 3.50. The van der Waals surface area contributed by atoms with Crippen LogP contribution in [0.2, 0.25) is 0 Å². The Kier molecular flexibility index (Phi) is 5.03. The maximum Gasteiger partial charge on any atom is 0.0732 e. The Morgan fingerprint density at radius 3 is 2.89 bits per heavy atom. The maximum absolute atomic E-state index is 5.97. The van der Waals surface area contributed by atoms with Gasteiger partial charge >= 0.3 is 0 Å². The minimum absolute atomic E-state index is 0.303. The SMILES string of the molecule is COC1CCCC(OCc2cccc(N)c2Br)C1. The molecule has 4 heteroatoms. The van der Waals surface area contributed by atoms with Gasteiger partial charge in [-0.1, -0.05) is 12.1 Å². The molecule has 0 aromatic heterocycles. The molecule has 1 fully saturated rings. The summed E-state index contributed by atoms with van der Waals surface area (Å²) in [6.45, 7) is 0.604. The number of halogens is 1. The van der Waals surface area contributed by atoms with Crippen molar-refractivity contribution < 1.29 is 9.47 Å². The number of hydrogen-bond donors (Lipinski definition) is 1. The van der Waals surface area contributed by atoms with Gasteiger partial charge in [0.2, 0.25) is 0 Å². The highest BCUT2D eigenvalue weighted by atomic mass is 79.9. The van der Waals surface area contributed by atoms with E-state index in [1.54, 1.807) is 7.11 Å². The largest absolute Gasteiger partial charge is 0.398 e. The molecule has 2 atom stereocenters. The molecule has 1 aromatic carbocycles. The van der Waals surface area contributed by atoms with Crippen LogP contribution in [0.3, 0.4) is 0 Å². The lowest BCUT2D eigenvalue weighted by Crippen LogP contribution is -2.27. The van der Waals surface area contributed by atoms with E-state index in [2.05, 4.69) is 15.9 Å². The number of nitrogen functional groups attached to an aromatic ring is 1. The first-order chi connectivity index (χ1) is 8.70. The van der Waals surface area contributed by atoms with Gasteiger partial charge in [0, 0.05) is 17.3 Å². The third-order valence-electron chi connectivity index (χ3n) is 3.49. The van der Waals surface area contributed by atoms with Gasteiger partial charge in [0.1, 0.15) is 0 Å². The second kappa shape index (κ2) is 6.55. The number of anilines is 1. The van der Waals surface area contributed by atoms with E-state index >= 15 is 0 Å². The molecular weight excluding hydrogens is 294 g/mol. The number of benzene rings is 1. The number of methoxy groups -OCH3 is 1. The summed E-state index contributed by atoms with van der Waals surface area (Å²) < 4.78 is 12.3. The topological polar surface area (TPSA) is 44.5 Å². The normalized spacial score (nSPS) is 24.1. The summed E-state index contributed by atoms with van der Waals surface area (Å²) in [5, 5.41) is 0. The Labute approximate surface area is 117 Å². The molecule has 1 aliphatic rings. The van der Waals surface area contributed by atoms with Crippen LogP contribution in [0, 0.1) is 0 Å². The summed E-state index contributed by atoms with van der Waals surface area (Å²) in [5.74, 6) is 0. The van der Waals surface area contributed by atoms with Crippen molar-refractivity contribution in [3.05, 3.63) is 28.2 Å². The van der Waals surface area contributed by atoms with Gasteiger partial charge in [-0.05, 0) is 53.2 Å². The van der Waals surface area contributed by atoms with Crippen molar-refractivity contribution in [3.63, 3.8) is 0 Å². The zero-order valence-electron chi connectivity index (χ0n) is 10.7. The van der Waals surface area contributed by atoms with Crippen LogP contribution >= 0.6 is 15.9 Å². The molecule has 0 bridgehead atoms. The number of rotatable bonds is 4. The molecule has 0 amide bonds. The van der Waals surface area contributed by atoms with E-state index in [4.69, 9.17) is 15.2 Å². The molecule has 100 valence electrons. The minimum Gasteiger partial charge on any atom is -0.398 e. The fourth-order valence-electron chi connectivity index (χ4n) is 2.39. The number of hydrogen-bond acceptors (Lipinski definition) is 3. The Bertz CT molecular complexity index is 397. The lowest BCUT2D eigenvalue weighted by Gasteiger charge is -2.28. The molecule has 3 nitrogen and oxygen atoms in total. The van der Waals surface area contributed by atoms with Gasteiger partial charge in [-0.2, -0.15) is 0 Å². The van der Waals surface area contributed by atoms with E-state index in [0.29, 0.717) is 18.8 Å². The molecule has 2 rings (SSSR count). The van der Waals surface area contributed by atoms with Crippen molar-refractivity contribution >= 4 is 21.6 Å². The maximum atomic E-state index is 5.97. The number of nitrogens with two attached hydrogens (primary N) is 1. The van der Waals surface area contributed by atoms with Gasteiger partial charge in [-0.25, -0.2) is 0 Å². The molecule has 0 heterocycles. The first-order valence-corrected chi connectivity index (χ1v) is 7.17. The Morgan fingerprint density at radius 2 is 2.11 bits per heavy atom. The summed E-state index contributed by atoms with van der Waals surface area (Å²) in [6.07, 6.45) is 5.11. The fraction of sp³-hybridized carbons (Fsp3) is 0.571. The predicted octanol–water partition coefficient (Wildman–Crippen LogP) is 3.51. The molecule has 1 aromatic rings. The molecule has 2 N–H and O–H groups in total. The van der Waals surface area contributed by atoms with E-state index in [1.807, 2.05) is 18.2 Å². The molecule has 0 saturated heterocycles. The van der Waals surface area contributed by atoms with Crippen LogP contribution in [0.1, 0.15) is 31.2 Å². The molecule has 2 unspecified atom stereocenters. The quantitative estimate of drug-likeness (QED) is 0.865. The van der Waals surface area contributed by atoms with Crippen LogP contribution in [0.4, 0.5) is 5.69 Å². The molecule has 0 aliphatic heterocycles. The zero-order valence-corrected chi connectivity index (χ0v) is 12.3. The first-order valence-electron chi connectivity index (χ1n) is 6.38. The lowest BCUT2D eigenvalue weighted by atomic mass is 9.95. The van der Waals surface area contributed by atoms with Crippen LogP contribution in [-0.4, -0.2) is 19.3 Å². The van der Waals surface area contributed by atoms with Gasteiger partial charge in [0.25, 0.3) is 0 Å². The third-order valence-corrected chi connectivity index (χ3v) is 4.46. The van der Waals surface area contributed by atoms with Crippen LogP contribution < -0.4 is 5.73 Å². The van der Waals surface area contributed by atoms with Crippen molar-refractivity contribution in [3.8, 4) is 0 Å². The van der Waals surface area contributed by atoms with Gasteiger partial charge < -0.3 is 15.2 Å². The van der Waals surface area contributed by atoms with Gasteiger partial charge in [0.15, 0.2) is 0 Å². The average molecular weight is 314 g/mol. The van der Waals surface area contributed by atoms with Gasteiger partial charge in [0.05, 0.1) is 18.8 Å². The van der Waals surface area contributed by atoms with Gasteiger partial charge in [-0.3, -0.25) is 0 Å². The summed E-state index contributed by atoms with van der Waals surface area (Å²) in [7, 11) is 1.78. The molecular formula is C14H20BrNO2. The molecule has 1 aliphatic carbocycles. The highest BCUT2D eigenvalue weighted by Crippen LogP contribution is 2.27. The Balaban J connectivity index is 1.89. The van der Waals surface area contributed by atoms with Crippen molar-refractivity contribution in [2.75, 3.05) is 12.8 Å². The molecule has 0 spiro atoms. The van der Waals surface area contributed by atoms with Crippen molar-refractivity contribution in [1.29, 1.82) is 0 Å². The van der Waals surface area contributed by atoms with Crippen LogP contribution in [-0.2, 0) is 16.1 Å². The fourth-order valence-corrected chi connectivity index (χ4v) is 2.77. The summed E-state index contributed by atoms with van der Waals surface area (Å²) in [6, 6.07) is 5.88. The zero-order chi connectivity index (χ0) is 13.0. The third kappa shape index (κ3) is 3.46. The van der Waals surface area contributed by atoms with Crippen LogP contribution in [0.5, 0.6) is 0 Å². The monoisotopic (exact) mass is 313 g/mol. The second-order valence-electron chi connectivity index (χ2n) is 4.78.